The van der Waals surface area contributed by atoms with Crippen LogP contribution in [-0.2, 0) is 0 Å². The predicted octanol–water partition coefficient (Wildman–Crippen LogP) is 6.07. The number of aliphatic hydroxyl groups excluding tert-OH is 1. The van der Waals surface area contributed by atoms with Crippen molar-refractivity contribution >= 4 is 34.1 Å². The number of nitrogens with zero attached hydrogens (tertiary/aromatic N) is 2. The maximum absolute atomic E-state index is 11.6. The molecule has 31 heavy (non-hydrogen) atoms. The van der Waals surface area contributed by atoms with Crippen LogP contribution in [0.3, 0.4) is 0 Å². The zero-order valence-corrected chi connectivity index (χ0v) is 18.9. The van der Waals surface area contributed by atoms with E-state index < -0.39 is 6.10 Å². The predicted molar refractivity (Wildman–Crippen MR) is 126 cm³/mol. The fourth-order valence-corrected chi connectivity index (χ4v) is 5.76. The quantitative estimate of drug-likeness (QED) is 0.500. The number of fused-ring (bicyclic) bond motifs is 4. The van der Waals surface area contributed by atoms with Gasteiger partial charge in [-0.05, 0) is 73.2 Å². The van der Waals surface area contributed by atoms with Crippen molar-refractivity contribution in [2.75, 3.05) is 13.1 Å². The molecule has 4 nitrogen and oxygen atoms in total. The van der Waals surface area contributed by atoms with Gasteiger partial charge >= 0.3 is 0 Å². The van der Waals surface area contributed by atoms with E-state index in [-0.39, 0.29) is 11.8 Å². The summed E-state index contributed by atoms with van der Waals surface area (Å²) in [4.78, 5) is 7.23. The summed E-state index contributed by atoms with van der Waals surface area (Å²) < 4.78 is 0. The van der Waals surface area contributed by atoms with Gasteiger partial charge in [0, 0.05) is 23.5 Å². The number of hydrogen-bond donors (Lipinski definition) is 2. The molecular weight excluding hydrogens is 431 g/mol. The Hall–Kier alpha value is -1.85. The second-order valence-electron chi connectivity index (χ2n) is 8.89. The Kier molecular flexibility index (Phi) is 5.59. The molecule has 1 unspecified atom stereocenters. The van der Waals surface area contributed by atoms with Crippen molar-refractivity contribution < 1.29 is 10.2 Å². The fourth-order valence-electron chi connectivity index (χ4n) is 5.47. The lowest BCUT2D eigenvalue weighted by Gasteiger charge is -2.51. The summed E-state index contributed by atoms with van der Waals surface area (Å²) >= 11 is 12.3. The molecule has 1 aromatic heterocycles. The highest BCUT2D eigenvalue weighted by atomic mass is 35.5. The minimum absolute atomic E-state index is 0.0798. The molecule has 0 amide bonds. The largest absolute Gasteiger partial charge is 0.508 e. The lowest BCUT2D eigenvalue weighted by atomic mass is 9.72. The van der Waals surface area contributed by atoms with E-state index in [0.717, 1.165) is 53.2 Å². The normalized spacial score (nSPS) is 26.3. The van der Waals surface area contributed by atoms with Crippen molar-refractivity contribution in [1.29, 1.82) is 0 Å². The molecule has 2 bridgehead atoms. The van der Waals surface area contributed by atoms with E-state index >= 15 is 0 Å². The van der Waals surface area contributed by atoms with Gasteiger partial charge in [-0.1, -0.05) is 42.6 Å². The number of aromatic hydroxyl groups is 1. The van der Waals surface area contributed by atoms with E-state index in [1.54, 1.807) is 30.3 Å². The van der Waals surface area contributed by atoms with Gasteiger partial charge in [0.2, 0.25) is 0 Å². The molecule has 0 saturated carbocycles. The number of aliphatic hydroxyl groups is 1. The van der Waals surface area contributed by atoms with Gasteiger partial charge in [-0.2, -0.15) is 0 Å². The van der Waals surface area contributed by atoms with Crippen LogP contribution in [0.15, 0.2) is 42.5 Å². The van der Waals surface area contributed by atoms with E-state index in [2.05, 4.69) is 11.8 Å². The molecule has 5 atom stereocenters. The molecule has 6 heteroatoms. The standard InChI is InChI=1S/C25H26Cl2N2O2/c1-2-14-13-29-8-7-15(14)10-24(29)25(31)19-12-23(16-3-5-20(26)21(27)9-16)28-22-6-4-17(30)11-18(19)22/h3-6,9,11-12,14-15,24-25,30-31H,2,7-8,10,13H2,1H3/t14-,15-,24-,25+/m0/s1. The summed E-state index contributed by atoms with van der Waals surface area (Å²) in [6.45, 7) is 4.36. The molecule has 162 valence electrons. The Labute approximate surface area is 192 Å². The number of halogens is 2. The monoisotopic (exact) mass is 456 g/mol. The van der Waals surface area contributed by atoms with Crippen molar-refractivity contribution in [2.45, 2.75) is 38.3 Å². The number of benzene rings is 2. The Morgan fingerprint density at radius 2 is 1.97 bits per heavy atom. The van der Waals surface area contributed by atoms with Crippen molar-refractivity contribution in [3.63, 3.8) is 0 Å². The van der Waals surface area contributed by atoms with Crippen LogP contribution >= 0.6 is 23.2 Å². The molecular formula is C25H26Cl2N2O2. The van der Waals surface area contributed by atoms with Crippen molar-refractivity contribution in [3.8, 4) is 17.0 Å². The van der Waals surface area contributed by atoms with Crippen LogP contribution in [0.25, 0.3) is 22.2 Å². The average Bonchev–Trinajstić information content (AvgIpc) is 2.79. The summed E-state index contributed by atoms with van der Waals surface area (Å²) in [5.41, 5.74) is 3.10. The summed E-state index contributed by atoms with van der Waals surface area (Å²) in [5.74, 6) is 1.56. The van der Waals surface area contributed by atoms with Crippen LogP contribution in [0, 0.1) is 11.8 Å². The van der Waals surface area contributed by atoms with Gasteiger partial charge in [-0.15, -0.1) is 0 Å². The highest BCUT2D eigenvalue weighted by molar-refractivity contribution is 6.42. The number of hydrogen-bond acceptors (Lipinski definition) is 4. The number of phenolic OH excluding ortho intramolecular Hbond substituents is 1. The topological polar surface area (TPSA) is 56.6 Å². The Bertz CT molecular complexity index is 1140. The summed E-state index contributed by atoms with van der Waals surface area (Å²) in [6.07, 6.45) is 2.75. The lowest BCUT2D eigenvalue weighted by Crippen LogP contribution is -2.55. The average molecular weight is 457 g/mol. The zero-order chi connectivity index (χ0) is 21.7. The van der Waals surface area contributed by atoms with Gasteiger partial charge in [-0.25, -0.2) is 4.98 Å². The number of rotatable bonds is 4. The van der Waals surface area contributed by atoms with E-state index in [4.69, 9.17) is 28.2 Å². The van der Waals surface area contributed by atoms with Gasteiger partial charge in [0.15, 0.2) is 0 Å². The van der Waals surface area contributed by atoms with Crippen LogP contribution in [0.2, 0.25) is 10.0 Å². The molecule has 6 rings (SSSR count). The third-order valence-corrected chi connectivity index (χ3v) is 7.92. The van der Waals surface area contributed by atoms with Gasteiger partial charge in [0.1, 0.15) is 5.75 Å². The first-order valence-electron chi connectivity index (χ1n) is 11.0. The minimum atomic E-state index is -0.658. The molecule has 2 N–H and O–H groups in total. The highest BCUT2D eigenvalue weighted by Crippen LogP contribution is 2.43. The van der Waals surface area contributed by atoms with Gasteiger partial charge < -0.3 is 10.2 Å². The van der Waals surface area contributed by atoms with Crippen molar-refractivity contribution in [1.82, 2.24) is 9.88 Å². The van der Waals surface area contributed by atoms with Gasteiger partial charge in [0.05, 0.1) is 27.4 Å². The summed E-state index contributed by atoms with van der Waals surface area (Å²) in [6, 6.07) is 12.6. The van der Waals surface area contributed by atoms with E-state index in [9.17, 15) is 10.2 Å². The molecule has 0 radical (unpaired) electrons. The van der Waals surface area contributed by atoms with E-state index in [1.165, 1.54) is 12.8 Å². The maximum Gasteiger partial charge on any atom is 0.116 e. The fraction of sp³-hybridized carbons (Fsp3) is 0.400. The van der Waals surface area contributed by atoms with Gasteiger partial charge in [-0.3, -0.25) is 4.90 Å². The second-order valence-corrected chi connectivity index (χ2v) is 9.70. The Balaban J connectivity index is 1.60. The Morgan fingerprint density at radius 3 is 2.68 bits per heavy atom. The number of piperidine rings is 3. The smallest absolute Gasteiger partial charge is 0.116 e. The molecule has 0 aliphatic carbocycles. The zero-order valence-electron chi connectivity index (χ0n) is 17.4. The third kappa shape index (κ3) is 3.80. The van der Waals surface area contributed by atoms with Crippen LogP contribution in [-0.4, -0.2) is 39.2 Å². The van der Waals surface area contributed by atoms with Crippen molar-refractivity contribution in [3.05, 3.63) is 58.1 Å². The first kappa shape index (κ1) is 21.0. The maximum atomic E-state index is 11.6. The second kappa shape index (κ2) is 8.25. The molecule has 3 saturated heterocycles. The molecule has 2 aromatic carbocycles. The molecule has 3 aliphatic heterocycles. The molecule has 0 spiro atoms. The highest BCUT2D eigenvalue weighted by Gasteiger charge is 2.42. The number of pyridine rings is 1. The molecule has 3 fully saturated rings. The van der Waals surface area contributed by atoms with Gasteiger partial charge in [0.25, 0.3) is 0 Å². The lowest BCUT2D eigenvalue weighted by molar-refractivity contribution is -0.0562. The SMILES string of the molecule is CC[C@H]1CN2CC[C@H]1C[C@H]2[C@H](O)c1cc(-c2ccc(Cl)c(Cl)c2)nc2ccc(O)cc12. The first-order chi connectivity index (χ1) is 14.9. The van der Waals surface area contributed by atoms with E-state index in [1.807, 2.05) is 12.1 Å². The third-order valence-electron chi connectivity index (χ3n) is 7.18. The molecule has 4 heterocycles. The van der Waals surface area contributed by atoms with E-state index in [0.29, 0.717) is 16.0 Å². The van der Waals surface area contributed by atoms with Crippen LogP contribution in [0.1, 0.15) is 37.9 Å². The van der Waals surface area contributed by atoms with Crippen LogP contribution in [0.5, 0.6) is 5.75 Å². The van der Waals surface area contributed by atoms with Crippen LogP contribution < -0.4 is 0 Å². The minimum Gasteiger partial charge on any atom is -0.508 e. The molecule has 3 aromatic rings. The molecule has 3 aliphatic rings. The number of phenols is 1. The Morgan fingerprint density at radius 1 is 1.13 bits per heavy atom. The van der Waals surface area contributed by atoms with Crippen molar-refractivity contribution in [2.24, 2.45) is 11.8 Å². The van der Waals surface area contributed by atoms with Crippen LogP contribution in [0.4, 0.5) is 0 Å². The summed E-state index contributed by atoms with van der Waals surface area (Å²) in [7, 11) is 0. The number of aromatic nitrogens is 1. The first-order valence-corrected chi connectivity index (χ1v) is 11.7. The summed E-state index contributed by atoms with van der Waals surface area (Å²) in [5, 5.41) is 23.5.